The van der Waals surface area contributed by atoms with Gasteiger partial charge in [0.25, 0.3) is 0 Å². The van der Waals surface area contributed by atoms with Crippen molar-refractivity contribution in [2.45, 2.75) is 45.3 Å². The Hall–Kier alpha value is -2.97. The van der Waals surface area contributed by atoms with Gasteiger partial charge in [-0.2, -0.15) is 0 Å². The van der Waals surface area contributed by atoms with Crippen molar-refractivity contribution in [2.24, 2.45) is 0 Å². The van der Waals surface area contributed by atoms with Crippen LogP contribution in [0.15, 0.2) is 48.5 Å². The Morgan fingerprint density at radius 1 is 0.941 bits per heavy atom. The number of hydrogen-bond donors (Lipinski definition) is 0. The average molecular weight is 465 g/mol. The van der Waals surface area contributed by atoms with E-state index in [2.05, 4.69) is 82.5 Å². The maximum atomic E-state index is 5.85. The van der Waals surface area contributed by atoms with E-state index in [4.69, 9.17) is 9.47 Å². The highest BCUT2D eigenvalue weighted by Gasteiger charge is 2.36. The highest BCUT2D eigenvalue weighted by molar-refractivity contribution is 5.49. The molecule has 0 amide bonds. The first kappa shape index (κ1) is 24.2. The molecule has 34 heavy (non-hydrogen) atoms. The number of hydrogen-bond acceptors (Lipinski definition) is 7. The number of aromatic nitrogens is 4. The Balaban J connectivity index is 1.68. The highest BCUT2D eigenvalue weighted by Crippen LogP contribution is 2.40. The number of rotatable bonds is 9. The fourth-order valence-corrected chi connectivity index (χ4v) is 4.59. The van der Waals surface area contributed by atoms with Crippen molar-refractivity contribution >= 4 is 0 Å². The van der Waals surface area contributed by atoms with E-state index >= 15 is 0 Å². The van der Waals surface area contributed by atoms with E-state index in [1.807, 2.05) is 16.8 Å². The summed E-state index contributed by atoms with van der Waals surface area (Å²) >= 11 is 0. The Morgan fingerprint density at radius 2 is 1.68 bits per heavy atom. The van der Waals surface area contributed by atoms with Gasteiger partial charge in [0.1, 0.15) is 6.04 Å². The summed E-state index contributed by atoms with van der Waals surface area (Å²) in [4.78, 5) is 4.97. The van der Waals surface area contributed by atoms with Gasteiger partial charge in [0, 0.05) is 38.3 Å². The fourth-order valence-electron chi connectivity index (χ4n) is 4.59. The zero-order valence-electron chi connectivity index (χ0n) is 20.9. The van der Waals surface area contributed by atoms with Crippen molar-refractivity contribution in [1.29, 1.82) is 0 Å². The molecular weight excluding hydrogens is 428 g/mol. The molecule has 1 fully saturated rings. The summed E-state index contributed by atoms with van der Waals surface area (Å²) in [5.41, 5.74) is 2.15. The van der Waals surface area contributed by atoms with Gasteiger partial charge in [-0.1, -0.05) is 49.4 Å². The largest absolute Gasteiger partial charge is 0.493 e. The molecule has 0 radical (unpaired) electrons. The van der Waals surface area contributed by atoms with E-state index in [1.54, 1.807) is 14.2 Å². The van der Waals surface area contributed by atoms with E-state index in [0.717, 1.165) is 56.3 Å². The second-order valence-corrected chi connectivity index (χ2v) is 9.40. The lowest BCUT2D eigenvalue weighted by molar-refractivity contribution is 0.0961. The Bertz CT molecular complexity index is 1060. The molecule has 0 bridgehead atoms. The lowest BCUT2D eigenvalue weighted by Crippen LogP contribution is -2.48. The van der Waals surface area contributed by atoms with Crippen molar-refractivity contribution in [3.63, 3.8) is 0 Å². The van der Waals surface area contributed by atoms with Crippen molar-refractivity contribution in [3.05, 3.63) is 65.5 Å². The van der Waals surface area contributed by atoms with Gasteiger partial charge in [-0.3, -0.25) is 9.80 Å². The molecule has 8 heteroatoms. The number of tetrazole rings is 1. The lowest BCUT2D eigenvalue weighted by atomic mass is 9.98. The van der Waals surface area contributed by atoms with Crippen LogP contribution in [0, 0.1) is 0 Å². The van der Waals surface area contributed by atoms with Crippen LogP contribution in [0.2, 0.25) is 0 Å². The quantitative estimate of drug-likeness (QED) is 0.478. The first-order chi connectivity index (χ1) is 16.5. The molecule has 4 rings (SSSR count). The van der Waals surface area contributed by atoms with Gasteiger partial charge < -0.3 is 9.47 Å². The normalized spacial score (nSPS) is 16.4. The number of benzene rings is 2. The first-order valence-corrected chi connectivity index (χ1v) is 12.0. The second kappa shape index (κ2) is 10.5. The van der Waals surface area contributed by atoms with Crippen LogP contribution in [0.25, 0.3) is 0 Å². The molecule has 2 aromatic carbocycles. The Morgan fingerprint density at radius 3 is 2.32 bits per heavy atom. The summed E-state index contributed by atoms with van der Waals surface area (Å²) in [5.74, 6) is 2.27. The summed E-state index contributed by atoms with van der Waals surface area (Å²) < 4.78 is 13.5. The van der Waals surface area contributed by atoms with Gasteiger partial charge >= 0.3 is 0 Å². The molecule has 1 aliphatic rings. The van der Waals surface area contributed by atoms with Crippen LogP contribution in [0.5, 0.6) is 11.5 Å². The van der Waals surface area contributed by atoms with Crippen LogP contribution >= 0.6 is 0 Å². The predicted octanol–water partition coefficient (Wildman–Crippen LogP) is 3.74. The molecule has 1 unspecified atom stereocenters. The van der Waals surface area contributed by atoms with Gasteiger partial charge in [-0.05, 0) is 42.3 Å². The molecule has 1 aliphatic heterocycles. The molecule has 0 spiro atoms. The molecule has 182 valence electrons. The zero-order valence-corrected chi connectivity index (χ0v) is 20.9. The highest BCUT2D eigenvalue weighted by atomic mass is 16.5. The summed E-state index contributed by atoms with van der Waals surface area (Å²) in [5, 5.41) is 13.1. The fraction of sp³-hybridized carbons (Fsp3) is 0.500. The molecular formula is C26H36N6O2. The maximum Gasteiger partial charge on any atom is 0.173 e. The predicted molar refractivity (Wildman–Crippen MR) is 132 cm³/mol. The molecule has 1 saturated heterocycles. The van der Waals surface area contributed by atoms with Crippen molar-refractivity contribution in [3.8, 4) is 11.5 Å². The van der Waals surface area contributed by atoms with Crippen LogP contribution in [-0.2, 0) is 12.1 Å². The average Bonchev–Trinajstić information content (AvgIpc) is 3.36. The Labute approximate surface area is 202 Å². The SMILES string of the molecule is CCC(C)(C)n1nnnc1C(c1cccc(OC)c1OC)N1CCN(Cc2ccccc2)CC1. The minimum Gasteiger partial charge on any atom is -0.493 e. The molecule has 2 heterocycles. The third-order valence-electron chi connectivity index (χ3n) is 6.93. The molecule has 1 aromatic heterocycles. The van der Waals surface area contributed by atoms with Crippen LogP contribution in [0.3, 0.4) is 0 Å². The zero-order chi connectivity index (χ0) is 24.1. The van der Waals surface area contributed by atoms with Gasteiger partial charge in [0.05, 0.1) is 19.8 Å². The van der Waals surface area contributed by atoms with Crippen molar-refractivity contribution < 1.29 is 9.47 Å². The molecule has 8 nitrogen and oxygen atoms in total. The molecule has 3 aromatic rings. The van der Waals surface area contributed by atoms with E-state index in [0.29, 0.717) is 5.75 Å². The van der Waals surface area contributed by atoms with E-state index in [9.17, 15) is 0 Å². The summed E-state index contributed by atoms with van der Waals surface area (Å²) in [6.07, 6.45) is 0.915. The smallest absolute Gasteiger partial charge is 0.173 e. The van der Waals surface area contributed by atoms with Gasteiger partial charge in [0.15, 0.2) is 17.3 Å². The topological polar surface area (TPSA) is 68.5 Å². The maximum absolute atomic E-state index is 5.85. The van der Waals surface area contributed by atoms with Gasteiger partial charge in [-0.15, -0.1) is 5.10 Å². The summed E-state index contributed by atoms with van der Waals surface area (Å²) in [7, 11) is 3.36. The third kappa shape index (κ3) is 4.93. The second-order valence-electron chi connectivity index (χ2n) is 9.40. The van der Waals surface area contributed by atoms with E-state index < -0.39 is 0 Å². The number of piperazine rings is 1. The molecule has 0 saturated carbocycles. The monoisotopic (exact) mass is 464 g/mol. The number of methoxy groups -OCH3 is 2. The number of nitrogens with zero attached hydrogens (tertiary/aromatic N) is 6. The molecule has 0 N–H and O–H groups in total. The summed E-state index contributed by atoms with van der Waals surface area (Å²) in [6, 6.07) is 16.5. The van der Waals surface area contributed by atoms with Gasteiger partial charge in [0.2, 0.25) is 0 Å². The lowest BCUT2D eigenvalue weighted by Gasteiger charge is -2.40. The molecule has 0 aliphatic carbocycles. The first-order valence-electron chi connectivity index (χ1n) is 12.0. The van der Waals surface area contributed by atoms with Crippen molar-refractivity contribution in [1.82, 2.24) is 30.0 Å². The standard InChI is InChI=1S/C26H36N6O2/c1-6-26(2,3)32-25(27-28-29-32)23(21-13-10-14-22(33-4)24(21)34-5)31-17-15-30(16-18-31)19-20-11-8-7-9-12-20/h7-14,23H,6,15-19H2,1-5H3. The van der Waals surface area contributed by atoms with Crippen LogP contribution < -0.4 is 9.47 Å². The number of ether oxygens (including phenoxy) is 2. The van der Waals surface area contributed by atoms with Gasteiger partial charge in [-0.25, -0.2) is 4.68 Å². The number of para-hydroxylation sites is 1. The third-order valence-corrected chi connectivity index (χ3v) is 6.93. The molecule has 1 atom stereocenters. The van der Waals surface area contributed by atoms with Crippen LogP contribution in [0.4, 0.5) is 0 Å². The minimum atomic E-state index is -0.210. The van der Waals surface area contributed by atoms with Crippen molar-refractivity contribution in [2.75, 3.05) is 40.4 Å². The van der Waals surface area contributed by atoms with Crippen LogP contribution in [0.1, 0.15) is 50.2 Å². The van der Waals surface area contributed by atoms with E-state index in [1.165, 1.54) is 5.56 Å². The minimum absolute atomic E-state index is 0.148. The van der Waals surface area contributed by atoms with Crippen LogP contribution in [-0.4, -0.2) is 70.4 Å². The Kier molecular flexibility index (Phi) is 7.48. The van der Waals surface area contributed by atoms with E-state index in [-0.39, 0.29) is 11.6 Å². The summed E-state index contributed by atoms with van der Waals surface area (Å²) in [6.45, 7) is 11.2.